The highest BCUT2D eigenvalue weighted by molar-refractivity contribution is 7.15. The number of nitrogens with zero attached hydrogens (tertiary/aromatic N) is 7. The van der Waals surface area contributed by atoms with Crippen LogP contribution in [0.5, 0.6) is 6.01 Å². The lowest BCUT2D eigenvalue weighted by atomic mass is 10.2. The fourth-order valence-corrected chi connectivity index (χ4v) is 3.14. The van der Waals surface area contributed by atoms with Gasteiger partial charge in [0.1, 0.15) is 17.3 Å². The van der Waals surface area contributed by atoms with Crippen LogP contribution in [0, 0.1) is 6.92 Å². The van der Waals surface area contributed by atoms with Crippen LogP contribution in [-0.4, -0.2) is 40.6 Å². The molecule has 0 fully saturated rings. The first-order valence-corrected chi connectivity index (χ1v) is 8.18. The number of pyridine rings is 1. The Morgan fingerprint density at radius 1 is 1.08 bits per heavy atom. The smallest absolute Gasteiger partial charge is 0.316 e. The van der Waals surface area contributed by atoms with Crippen molar-refractivity contribution >= 4 is 11.3 Å². The van der Waals surface area contributed by atoms with Crippen LogP contribution in [0.15, 0.2) is 36.7 Å². The Bertz CT molecular complexity index is 970. The molecule has 0 aliphatic heterocycles. The highest BCUT2D eigenvalue weighted by atomic mass is 32.1. The molecule has 0 bridgehead atoms. The zero-order valence-electron chi connectivity index (χ0n) is 13.1. The summed E-state index contributed by atoms with van der Waals surface area (Å²) < 4.78 is 5.55. The van der Waals surface area contributed by atoms with Gasteiger partial charge in [-0.3, -0.25) is 0 Å². The van der Waals surface area contributed by atoms with E-state index < -0.39 is 0 Å². The summed E-state index contributed by atoms with van der Waals surface area (Å²) in [5.74, 6) is 0.453. The number of thiazole rings is 1. The number of aryl methyl sites for hydroxylation is 1. The number of hydrogen-bond acceptors (Lipinski definition) is 9. The summed E-state index contributed by atoms with van der Waals surface area (Å²) in [6.45, 7) is 2.25. The summed E-state index contributed by atoms with van der Waals surface area (Å²) >= 11 is 1.52. The Labute approximate surface area is 146 Å². The SMILES string of the molecule is Cc1nc(COc2ncccn2)sc1-c1cccc(-c2nn[nH]n2)n1. The maximum atomic E-state index is 5.55. The molecule has 25 heavy (non-hydrogen) atoms. The Morgan fingerprint density at radius 2 is 1.92 bits per heavy atom. The van der Waals surface area contributed by atoms with Crippen molar-refractivity contribution in [2.75, 3.05) is 0 Å². The molecule has 0 amide bonds. The number of H-pyrrole nitrogens is 1. The summed E-state index contributed by atoms with van der Waals surface area (Å²) in [4.78, 5) is 18.2. The van der Waals surface area contributed by atoms with Gasteiger partial charge in [-0.15, -0.1) is 21.5 Å². The summed E-state index contributed by atoms with van der Waals surface area (Å²) in [6.07, 6.45) is 3.27. The maximum absolute atomic E-state index is 5.55. The summed E-state index contributed by atoms with van der Waals surface area (Å²) in [6, 6.07) is 7.73. The van der Waals surface area contributed by atoms with Crippen LogP contribution >= 0.6 is 11.3 Å². The number of hydrogen-bond donors (Lipinski definition) is 1. The standard InChI is InChI=1S/C15H12N8OS/c1-9-13(10-4-2-5-11(19-10)14-20-22-23-21-14)25-12(18-9)8-24-15-16-6-3-7-17-15/h2-7H,8H2,1H3,(H,20,21,22,23). The van der Waals surface area contributed by atoms with E-state index >= 15 is 0 Å². The predicted molar refractivity (Wildman–Crippen MR) is 89.6 cm³/mol. The van der Waals surface area contributed by atoms with Gasteiger partial charge < -0.3 is 4.74 Å². The zero-order valence-corrected chi connectivity index (χ0v) is 13.9. The number of ether oxygens (including phenoxy) is 1. The molecular weight excluding hydrogens is 340 g/mol. The first-order valence-electron chi connectivity index (χ1n) is 7.37. The fourth-order valence-electron chi connectivity index (χ4n) is 2.19. The number of tetrazole rings is 1. The van der Waals surface area contributed by atoms with E-state index in [1.54, 1.807) is 18.5 Å². The number of nitrogens with one attached hydrogen (secondary N) is 1. The Balaban J connectivity index is 1.57. The van der Waals surface area contributed by atoms with Gasteiger partial charge in [0.2, 0.25) is 5.82 Å². The maximum Gasteiger partial charge on any atom is 0.316 e. The van der Waals surface area contributed by atoms with Crippen molar-refractivity contribution in [2.24, 2.45) is 0 Å². The minimum atomic E-state index is 0.306. The Morgan fingerprint density at radius 3 is 2.72 bits per heavy atom. The van der Waals surface area contributed by atoms with Gasteiger partial charge in [-0.1, -0.05) is 6.07 Å². The van der Waals surface area contributed by atoms with Crippen LogP contribution in [0.2, 0.25) is 0 Å². The highest BCUT2D eigenvalue weighted by Crippen LogP contribution is 2.30. The highest BCUT2D eigenvalue weighted by Gasteiger charge is 2.14. The topological polar surface area (TPSA) is 115 Å². The molecule has 10 heteroatoms. The van der Waals surface area contributed by atoms with E-state index in [2.05, 4.69) is 40.6 Å². The average molecular weight is 352 g/mol. The molecule has 0 aromatic carbocycles. The molecule has 0 saturated carbocycles. The van der Waals surface area contributed by atoms with Crippen molar-refractivity contribution in [1.82, 2.24) is 40.6 Å². The van der Waals surface area contributed by atoms with Gasteiger partial charge in [0.25, 0.3) is 0 Å². The van der Waals surface area contributed by atoms with Gasteiger partial charge in [-0.2, -0.15) is 5.21 Å². The second-order valence-electron chi connectivity index (χ2n) is 4.99. The third-order valence-corrected chi connectivity index (χ3v) is 4.42. The lowest BCUT2D eigenvalue weighted by Crippen LogP contribution is -1.98. The third-order valence-electron chi connectivity index (χ3n) is 3.26. The summed E-state index contributed by atoms with van der Waals surface area (Å²) in [5.41, 5.74) is 2.34. The van der Waals surface area contributed by atoms with Gasteiger partial charge in [0.15, 0.2) is 0 Å². The van der Waals surface area contributed by atoms with E-state index in [0.29, 0.717) is 24.1 Å². The Kier molecular flexibility index (Phi) is 4.09. The van der Waals surface area contributed by atoms with Crippen molar-refractivity contribution in [3.05, 3.63) is 47.4 Å². The van der Waals surface area contributed by atoms with Crippen LogP contribution < -0.4 is 4.74 Å². The van der Waals surface area contributed by atoms with E-state index in [0.717, 1.165) is 21.3 Å². The first-order chi connectivity index (χ1) is 12.3. The second-order valence-corrected chi connectivity index (χ2v) is 6.07. The summed E-state index contributed by atoms with van der Waals surface area (Å²) in [5, 5.41) is 14.7. The predicted octanol–water partition coefficient (Wildman–Crippen LogP) is 2.06. The largest absolute Gasteiger partial charge is 0.456 e. The molecule has 0 saturated heterocycles. The van der Waals surface area contributed by atoms with Gasteiger partial charge in [0.05, 0.1) is 16.3 Å². The molecule has 0 aliphatic rings. The fraction of sp³-hybridized carbons (Fsp3) is 0.133. The van der Waals surface area contributed by atoms with Gasteiger partial charge in [0, 0.05) is 12.4 Å². The number of aromatic amines is 1. The molecular formula is C15H12N8OS. The third kappa shape index (κ3) is 3.33. The molecule has 4 rings (SSSR count). The molecule has 0 unspecified atom stereocenters. The molecule has 1 N–H and O–H groups in total. The van der Waals surface area contributed by atoms with Crippen LogP contribution in [-0.2, 0) is 6.61 Å². The van der Waals surface area contributed by atoms with Crippen molar-refractivity contribution in [3.63, 3.8) is 0 Å². The van der Waals surface area contributed by atoms with Gasteiger partial charge in [-0.25, -0.2) is 19.9 Å². The van der Waals surface area contributed by atoms with E-state index in [1.807, 2.05) is 25.1 Å². The normalized spacial score (nSPS) is 10.8. The molecule has 4 aromatic rings. The molecule has 4 aromatic heterocycles. The quantitative estimate of drug-likeness (QED) is 0.580. The second kappa shape index (κ2) is 6.69. The monoisotopic (exact) mass is 352 g/mol. The zero-order chi connectivity index (χ0) is 17.1. The number of rotatable bonds is 5. The van der Waals surface area contributed by atoms with E-state index in [4.69, 9.17) is 4.74 Å². The van der Waals surface area contributed by atoms with Crippen molar-refractivity contribution in [2.45, 2.75) is 13.5 Å². The van der Waals surface area contributed by atoms with E-state index in [9.17, 15) is 0 Å². The summed E-state index contributed by atoms with van der Waals surface area (Å²) in [7, 11) is 0. The lowest BCUT2D eigenvalue weighted by molar-refractivity contribution is 0.280. The molecule has 0 spiro atoms. The lowest BCUT2D eigenvalue weighted by Gasteiger charge is -2.00. The van der Waals surface area contributed by atoms with Crippen LogP contribution in [0.25, 0.3) is 22.1 Å². The van der Waals surface area contributed by atoms with Crippen LogP contribution in [0.1, 0.15) is 10.7 Å². The molecule has 9 nitrogen and oxygen atoms in total. The molecule has 0 radical (unpaired) electrons. The molecule has 124 valence electrons. The van der Waals surface area contributed by atoms with E-state index in [-0.39, 0.29) is 0 Å². The number of aromatic nitrogens is 8. The van der Waals surface area contributed by atoms with E-state index in [1.165, 1.54) is 11.3 Å². The molecule has 0 atom stereocenters. The Hall–Kier alpha value is -3.27. The molecule has 4 heterocycles. The van der Waals surface area contributed by atoms with Crippen molar-refractivity contribution < 1.29 is 4.74 Å². The average Bonchev–Trinajstić information content (AvgIpc) is 3.31. The van der Waals surface area contributed by atoms with Crippen LogP contribution in [0.3, 0.4) is 0 Å². The van der Waals surface area contributed by atoms with Crippen LogP contribution in [0.4, 0.5) is 0 Å². The van der Waals surface area contributed by atoms with Gasteiger partial charge in [-0.05, 0) is 30.3 Å². The first kappa shape index (κ1) is 15.3. The van der Waals surface area contributed by atoms with Gasteiger partial charge >= 0.3 is 6.01 Å². The molecule has 0 aliphatic carbocycles. The van der Waals surface area contributed by atoms with Crippen molar-refractivity contribution in [3.8, 4) is 28.1 Å². The minimum absolute atomic E-state index is 0.306. The minimum Gasteiger partial charge on any atom is -0.456 e. The van der Waals surface area contributed by atoms with Crippen molar-refractivity contribution in [1.29, 1.82) is 0 Å².